The van der Waals surface area contributed by atoms with E-state index in [1.54, 1.807) is 6.07 Å². The summed E-state index contributed by atoms with van der Waals surface area (Å²) in [6.07, 6.45) is 7.97. The number of aromatic carboxylic acids is 1. The maximum atomic E-state index is 11.0. The van der Waals surface area contributed by atoms with Gasteiger partial charge in [0.25, 0.3) is 0 Å². The average Bonchev–Trinajstić information content (AvgIpc) is 2.48. The van der Waals surface area contributed by atoms with Gasteiger partial charge in [0.2, 0.25) is 0 Å². The summed E-state index contributed by atoms with van der Waals surface area (Å²) in [6.45, 7) is 0. The summed E-state index contributed by atoms with van der Waals surface area (Å²) in [5.74, 6) is -1.47. The molecule has 0 aliphatic heterocycles. The lowest BCUT2D eigenvalue weighted by Crippen LogP contribution is -2.07. The van der Waals surface area contributed by atoms with Gasteiger partial charge in [0.15, 0.2) is 11.4 Å². The van der Waals surface area contributed by atoms with Crippen LogP contribution < -0.4 is 0 Å². The van der Waals surface area contributed by atoms with Gasteiger partial charge >= 0.3 is 5.97 Å². The zero-order valence-corrected chi connectivity index (χ0v) is 12.4. The predicted octanol–water partition coefficient (Wildman–Crippen LogP) is 4.06. The van der Waals surface area contributed by atoms with E-state index in [2.05, 4.69) is 4.98 Å². The number of carboxylic acids is 1. The van der Waals surface area contributed by atoms with Gasteiger partial charge in [-0.15, -0.1) is 11.8 Å². The van der Waals surface area contributed by atoms with Crippen LogP contribution in [0.1, 0.15) is 42.6 Å². The third-order valence-electron chi connectivity index (χ3n) is 3.89. The number of aromatic nitrogens is 1. The van der Waals surface area contributed by atoms with Crippen molar-refractivity contribution in [3.63, 3.8) is 0 Å². The van der Waals surface area contributed by atoms with Crippen LogP contribution in [0.25, 0.3) is 10.8 Å². The van der Waals surface area contributed by atoms with Crippen LogP contribution in [0.15, 0.2) is 29.3 Å². The van der Waals surface area contributed by atoms with Crippen molar-refractivity contribution >= 4 is 28.5 Å². The minimum Gasteiger partial charge on any atom is -0.505 e. The summed E-state index contributed by atoms with van der Waals surface area (Å²) in [6, 6.07) is 5.71. The van der Waals surface area contributed by atoms with Crippen LogP contribution in [0, 0.1) is 0 Å². The van der Waals surface area contributed by atoms with Crippen LogP contribution in [0.4, 0.5) is 0 Å². The Hall–Kier alpha value is -1.75. The molecule has 0 saturated heterocycles. The molecule has 0 radical (unpaired) electrons. The van der Waals surface area contributed by atoms with Crippen LogP contribution in [0.3, 0.4) is 0 Å². The molecule has 0 atom stereocenters. The van der Waals surface area contributed by atoms with Crippen molar-refractivity contribution in [3.05, 3.63) is 30.1 Å². The second-order valence-electron chi connectivity index (χ2n) is 5.39. The van der Waals surface area contributed by atoms with Crippen molar-refractivity contribution in [2.75, 3.05) is 0 Å². The van der Waals surface area contributed by atoms with E-state index in [1.165, 1.54) is 38.3 Å². The Morgan fingerprint density at radius 1 is 1.24 bits per heavy atom. The van der Waals surface area contributed by atoms with Crippen molar-refractivity contribution in [1.82, 2.24) is 4.98 Å². The Balaban J connectivity index is 1.90. The van der Waals surface area contributed by atoms with Crippen LogP contribution in [-0.2, 0) is 0 Å². The highest BCUT2D eigenvalue weighted by Crippen LogP contribution is 2.36. The standard InChI is InChI=1S/C16H17NO3S/c18-15-13-7-6-12(21-11-4-2-1-3-5-11)8-10(13)9-17-14(15)16(19)20/h6-9,11,18H,1-5H2,(H,19,20). The third-order valence-corrected chi connectivity index (χ3v) is 5.22. The first kappa shape index (κ1) is 14.2. The molecule has 0 spiro atoms. The van der Waals surface area contributed by atoms with Crippen molar-refractivity contribution < 1.29 is 15.0 Å². The van der Waals surface area contributed by atoms with Crippen LogP contribution >= 0.6 is 11.8 Å². The summed E-state index contributed by atoms with van der Waals surface area (Å²) in [4.78, 5) is 16.0. The Bertz CT molecular complexity index is 681. The van der Waals surface area contributed by atoms with Gasteiger partial charge in [-0.25, -0.2) is 9.78 Å². The van der Waals surface area contributed by atoms with E-state index in [1.807, 2.05) is 23.9 Å². The highest BCUT2D eigenvalue weighted by molar-refractivity contribution is 8.00. The molecule has 1 heterocycles. The molecule has 1 aliphatic carbocycles. The molecule has 1 aromatic carbocycles. The molecule has 2 N–H and O–H groups in total. The number of benzene rings is 1. The normalized spacial score (nSPS) is 16.2. The van der Waals surface area contributed by atoms with E-state index >= 15 is 0 Å². The largest absolute Gasteiger partial charge is 0.505 e. The van der Waals surface area contributed by atoms with Gasteiger partial charge in [-0.1, -0.05) is 19.3 Å². The number of aromatic hydroxyl groups is 1. The number of pyridine rings is 1. The number of nitrogens with zero attached hydrogens (tertiary/aromatic N) is 1. The summed E-state index contributed by atoms with van der Waals surface area (Å²) in [5, 5.41) is 20.9. The maximum Gasteiger partial charge on any atom is 0.358 e. The number of carbonyl (C=O) groups is 1. The molecule has 1 aromatic heterocycles. The zero-order valence-electron chi connectivity index (χ0n) is 11.6. The number of carboxylic acid groups (broad SMARTS) is 1. The first-order valence-corrected chi connectivity index (χ1v) is 8.05. The molecule has 4 nitrogen and oxygen atoms in total. The quantitative estimate of drug-likeness (QED) is 0.894. The lowest BCUT2D eigenvalue weighted by molar-refractivity contribution is 0.0687. The number of fused-ring (bicyclic) bond motifs is 1. The molecular weight excluding hydrogens is 286 g/mol. The second-order valence-corrected chi connectivity index (χ2v) is 6.76. The number of hydrogen-bond acceptors (Lipinski definition) is 4. The molecule has 0 bridgehead atoms. The highest BCUT2D eigenvalue weighted by atomic mass is 32.2. The molecule has 110 valence electrons. The van der Waals surface area contributed by atoms with E-state index in [9.17, 15) is 9.90 Å². The van der Waals surface area contributed by atoms with E-state index in [0.717, 1.165) is 10.3 Å². The summed E-state index contributed by atoms with van der Waals surface area (Å²) < 4.78 is 0. The lowest BCUT2D eigenvalue weighted by Gasteiger charge is -2.21. The third kappa shape index (κ3) is 2.97. The lowest BCUT2D eigenvalue weighted by atomic mass is 10.0. The van der Waals surface area contributed by atoms with Crippen molar-refractivity contribution in [1.29, 1.82) is 0 Å². The second kappa shape index (κ2) is 5.93. The molecule has 21 heavy (non-hydrogen) atoms. The first-order chi connectivity index (χ1) is 10.1. The minimum atomic E-state index is -1.21. The van der Waals surface area contributed by atoms with Gasteiger partial charge < -0.3 is 10.2 Å². The van der Waals surface area contributed by atoms with Crippen molar-refractivity contribution in [3.8, 4) is 5.75 Å². The number of hydrogen-bond donors (Lipinski definition) is 2. The Morgan fingerprint density at radius 2 is 2.00 bits per heavy atom. The summed E-state index contributed by atoms with van der Waals surface area (Å²) in [5.41, 5.74) is -0.296. The van der Waals surface area contributed by atoms with Crippen LogP contribution in [-0.4, -0.2) is 26.4 Å². The number of thioether (sulfide) groups is 1. The van der Waals surface area contributed by atoms with Gasteiger partial charge in [-0.3, -0.25) is 0 Å². The molecule has 0 amide bonds. The highest BCUT2D eigenvalue weighted by Gasteiger charge is 2.17. The predicted molar refractivity (Wildman–Crippen MR) is 83.1 cm³/mol. The van der Waals surface area contributed by atoms with Gasteiger partial charge in [-0.05, 0) is 31.0 Å². The van der Waals surface area contributed by atoms with Gasteiger partial charge in [0.1, 0.15) is 0 Å². The SMILES string of the molecule is O=C(O)c1ncc2cc(SC3CCCCC3)ccc2c1O. The van der Waals surface area contributed by atoms with E-state index in [-0.39, 0.29) is 11.4 Å². The molecular formula is C16H17NO3S. The number of rotatable bonds is 3. The molecule has 1 saturated carbocycles. The van der Waals surface area contributed by atoms with Crippen molar-refractivity contribution in [2.45, 2.75) is 42.2 Å². The van der Waals surface area contributed by atoms with Crippen LogP contribution in [0.2, 0.25) is 0 Å². The Morgan fingerprint density at radius 3 is 2.71 bits per heavy atom. The zero-order chi connectivity index (χ0) is 14.8. The van der Waals surface area contributed by atoms with E-state index < -0.39 is 5.97 Å². The van der Waals surface area contributed by atoms with Gasteiger partial charge in [-0.2, -0.15) is 0 Å². The Kier molecular flexibility index (Phi) is 4.01. The minimum absolute atomic E-state index is 0.255. The summed E-state index contributed by atoms with van der Waals surface area (Å²) >= 11 is 1.87. The van der Waals surface area contributed by atoms with Gasteiger partial charge in [0.05, 0.1) is 0 Å². The molecule has 1 fully saturated rings. The molecule has 5 heteroatoms. The molecule has 1 aliphatic rings. The summed E-state index contributed by atoms with van der Waals surface area (Å²) in [7, 11) is 0. The fourth-order valence-corrected chi connectivity index (χ4v) is 4.09. The molecule has 2 aromatic rings. The smallest absolute Gasteiger partial charge is 0.358 e. The topological polar surface area (TPSA) is 70.4 Å². The fourth-order valence-electron chi connectivity index (χ4n) is 2.79. The van der Waals surface area contributed by atoms with Crippen LogP contribution in [0.5, 0.6) is 5.75 Å². The Labute approximate surface area is 127 Å². The van der Waals surface area contributed by atoms with Gasteiger partial charge in [0, 0.05) is 27.1 Å². The fraction of sp³-hybridized carbons (Fsp3) is 0.375. The van der Waals surface area contributed by atoms with Crippen molar-refractivity contribution in [2.24, 2.45) is 0 Å². The molecule has 0 unspecified atom stereocenters. The molecule has 3 rings (SSSR count). The van der Waals surface area contributed by atoms with E-state index in [4.69, 9.17) is 5.11 Å². The van der Waals surface area contributed by atoms with E-state index in [0.29, 0.717) is 10.6 Å². The average molecular weight is 303 g/mol. The monoisotopic (exact) mass is 303 g/mol. The first-order valence-electron chi connectivity index (χ1n) is 7.17. The maximum absolute atomic E-state index is 11.0.